The van der Waals surface area contributed by atoms with Gasteiger partial charge in [-0.25, -0.2) is 20.8 Å². The van der Waals surface area contributed by atoms with Crippen LogP contribution in [0.5, 0.6) is 0 Å². The fourth-order valence-electron chi connectivity index (χ4n) is 2.38. The maximum atomic E-state index is 13.9. The van der Waals surface area contributed by atoms with Crippen molar-refractivity contribution in [2.75, 3.05) is 18.8 Å². The van der Waals surface area contributed by atoms with Crippen LogP contribution >= 0.6 is 11.9 Å². The first-order chi connectivity index (χ1) is 13.8. The summed E-state index contributed by atoms with van der Waals surface area (Å²) < 4.78 is 29.3. The van der Waals surface area contributed by atoms with E-state index in [0.717, 1.165) is 11.9 Å². The molecule has 158 valence electrons. The van der Waals surface area contributed by atoms with Crippen molar-refractivity contribution in [3.05, 3.63) is 35.8 Å². The third kappa shape index (κ3) is 5.46. The molecule has 1 heterocycles. The molecule has 1 aromatic carbocycles. The monoisotopic (exact) mass is 443 g/mol. The minimum absolute atomic E-state index is 0.00407. The van der Waals surface area contributed by atoms with Gasteiger partial charge in [0.05, 0.1) is 28.9 Å². The standard InChI is InChI=1S/C15H22FN9O2S2/c16-10-3-7(5-22-14(10)18)9-1-2-11(29(27)23-6-8(26)4-17)13(28-21)12(9)15(19)24-25-20/h1-3,5,8,23,25-26H,4,6,17,20-21H2,(H2,18,22)(H2,19,24)/t8-,29?/m0/s1. The molecule has 0 saturated heterocycles. The van der Waals surface area contributed by atoms with Crippen LogP contribution in [0.4, 0.5) is 10.2 Å². The summed E-state index contributed by atoms with van der Waals surface area (Å²) in [7, 11) is 0. The molecule has 0 amide bonds. The molecule has 0 bridgehead atoms. The van der Waals surface area contributed by atoms with Crippen molar-refractivity contribution >= 4 is 35.0 Å². The highest BCUT2D eigenvalue weighted by Gasteiger charge is 2.26. The number of amidine groups is 1. The van der Waals surface area contributed by atoms with Gasteiger partial charge >= 0.3 is 0 Å². The van der Waals surface area contributed by atoms with E-state index in [4.69, 9.17) is 28.2 Å². The SMILES string of the molecule is NC[C@H](O)CN[S+]([O-])c1ccc(-c2cnc(N)c(F)c2)c(/C(N)=N/NN)c1SN. The molecule has 14 heteroatoms. The summed E-state index contributed by atoms with van der Waals surface area (Å²) in [5.41, 5.74) is 19.9. The van der Waals surface area contributed by atoms with E-state index in [0.29, 0.717) is 16.0 Å². The molecule has 0 fully saturated rings. The van der Waals surface area contributed by atoms with Crippen LogP contribution in [0.1, 0.15) is 5.56 Å². The maximum absolute atomic E-state index is 13.9. The summed E-state index contributed by atoms with van der Waals surface area (Å²) in [5, 5.41) is 19.1. The highest BCUT2D eigenvalue weighted by molar-refractivity contribution is 7.98. The highest BCUT2D eigenvalue weighted by atomic mass is 32.2. The van der Waals surface area contributed by atoms with Crippen LogP contribution in [-0.2, 0) is 11.4 Å². The largest absolute Gasteiger partial charge is 0.593 e. The van der Waals surface area contributed by atoms with Crippen molar-refractivity contribution < 1.29 is 14.0 Å². The average Bonchev–Trinajstić information content (AvgIpc) is 2.72. The van der Waals surface area contributed by atoms with E-state index in [2.05, 4.69) is 20.3 Å². The molecule has 13 N–H and O–H groups in total. The van der Waals surface area contributed by atoms with E-state index in [1.54, 1.807) is 6.07 Å². The van der Waals surface area contributed by atoms with Crippen LogP contribution in [0.3, 0.4) is 0 Å². The van der Waals surface area contributed by atoms with Gasteiger partial charge in [-0.3, -0.25) is 5.14 Å². The Morgan fingerprint density at radius 1 is 1.45 bits per heavy atom. The summed E-state index contributed by atoms with van der Waals surface area (Å²) in [4.78, 5) is 4.39. The molecule has 0 saturated carbocycles. The Bertz CT molecular complexity index is 887. The van der Waals surface area contributed by atoms with E-state index in [-0.39, 0.29) is 35.2 Å². The number of nitrogen functional groups attached to an aromatic ring is 1. The Morgan fingerprint density at radius 3 is 2.76 bits per heavy atom. The van der Waals surface area contributed by atoms with Gasteiger partial charge in [-0.2, -0.15) is 0 Å². The summed E-state index contributed by atoms with van der Waals surface area (Å²) in [6.07, 6.45) is 0.487. The molecule has 11 nitrogen and oxygen atoms in total. The number of hydrogen-bond donors (Lipinski definition) is 8. The van der Waals surface area contributed by atoms with Crippen molar-refractivity contribution in [1.82, 2.24) is 15.2 Å². The Hall–Kier alpha value is -2.17. The molecule has 0 spiro atoms. The van der Waals surface area contributed by atoms with Gasteiger partial charge in [0.25, 0.3) is 0 Å². The van der Waals surface area contributed by atoms with E-state index >= 15 is 0 Å². The molecule has 2 rings (SSSR count). The first-order valence-electron chi connectivity index (χ1n) is 8.11. The molecule has 1 aromatic heterocycles. The number of benzene rings is 1. The molecule has 1 unspecified atom stereocenters. The van der Waals surface area contributed by atoms with Crippen molar-refractivity contribution in [2.45, 2.75) is 15.9 Å². The number of hydrazone groups is 1. The first-order valence-corrected chi connectivity index (χ1v) is 10.1. The number of aromatic nitrogens is 1. The molecule has 0 aliphatic heterocycles. The van der Waals surface area contributed by atoms with E-state index in [1.165, 1.54) is 18.3 Å². The summed E-state index contributed by atoms with van der Waals surface area (Å²) >= 11 is -0.987. The number of hydrogen-bond acceptors (Lipinski definition) is 11. The number of hydrazine groups is 1. The molecule has 0 radical (unpaired) electrons. The predicted octanol–water partition coefficient (Wildman–Crippen LogP) is -1.55. The van der Waals surface area contributed by atoms with Crippen LogP contribution in [-0.4, -0.2) is 39.7 Å². The second-order valence-corrected chi connectivity index (χ2v) is 7.57. The number of anilines is 1. The lowest BCUT2D eigenvalue weighted by Crippen LogP contribution is -2.36. The van der Waals surface area contributed by atoms with Gasteiger partial charge in [0.15, 0.2) is 22.4 Å². The maximum Gasteiger partial charge on any atom is 0.189 e. The Labute approximate surface area is 173 Å². The van der Waals surface area contributed by atoms with Crippen LogP contribution in [0.2, 0.25) is 0 Å². The number of aliphatic hydroxyl groups is 1. The summed E-state index contributed by atoms with van der Waals surface area (Å²) in [6.45, 7) is 0.000254. The van der Waals surface area contributed by atoms with E-state index < -0.39 is 23.3 Å². The normalized spacial score (nSPS) is 13.9. The van der Waals surface area contributed by atoms with Crippen molar-refractivity contribution in [2.24, 2.45) is 27.6 Å². The number of nitrogens with zero attached hydrogens (tertiary/aromatic N) is 2. The lowest BCUT2D eigenvalue weighted by molar-refractivity contribution is 0.186. The zero-order chi connectivity index (χ0) is 21.6. The number of pyridine rings is 1. The van der Waals surface area contributed by atoms with E-state index in [9.17, 15) is 14.0 Å². The third-order valence-corrected chi connectivity index (χ3v) is 5.74. The fraction of sp³-hybridized carbons (Fsp3) is 0.200. The van der Waals surface area contributed by atoms with Crippen LogP contribution in [0, 0.1) is 5.82 Å². The number of halogens is 1. The van der Waals surface area contributed by atoms with Gasteiger partial charge in [0.1, 0.15) is 0 Å². The van der Waals surface area contributed by atoms with Crippen LogP contribution in [0.15, 0.2) is 39.3 Å². The van der Waals surface area contributed by atoms with Gasteiger partial charge in [0.2, 0.25) is 0 Å². The van der Waals surface area contributed by atoms with Crippen molar-refractivity contribution in [3.8, 4) is 11.1 Å². The number of aliphatic hydroxyl groups excluding tert-OH is 1. The average molecular weight is 444 g/mol. The molecule has 2 atom stereocenters. The molecule has 2 aromatic rings. The quantitative estimate of drug-likeness (QED) is 0.0553. The minimum atomic E-state index is -1.76. The van der Waals surface area contributed by atoms with Gasteiger partial charge < -0.3 is 26.9 Å². The number of rotatable bonds is 9. The van der Waals surface area contributed by atoms with E-state index in [1.807, 2.05) is 0 Å². The second-order valence-electron chi connectivity index (χ2n) is 5.66. The lowest BCUT2D eigenvalue weighted by atomic mass is 10.00. The molecule has 0 aliphatic carbocycles. The summed E-state index contributed by atoms with van der Waals surface area (Å²) in [6, 6.07) is 4.28. The fourth-order valence-corrected chi connectivity index (χ4v) is 4.22. The highest BCUT2D eigenvalue weighted by Crippen LogP contribution is 2.35. The predicted molar refractivity (Wildman–Crippen MR) is 112 cm³/mol. The Balaban J connectivity index is 2.61. The number of nitrogens with one attached hydrogen (secondary N) is 2. The zero-order valence-corrected chi connectivity index (χ0v) is 16.8. The first kappa shape index (κ1) is 23.1. The van der Waals surface area contributed by atoms with Crippen LogP contribution in [0.25, 0.3) is 11.1 Å². The molecular formula is C15H22FN9O2S2. The third-order valence-electron chi connectivity index (χ3n) is 3.78. The smallest absolute Gasteiger partial charge is 0.189 e. The van der Waals surface area contributed by atoms with Gasteiger partial charge in [-0.1, -0.05) is 0 Å². The molecule has 0 aliphatic rings. The second kappa shape index (κ2) is 10.6. The topological polar surface area (TPSA) is 223 Å². The Kier molecular flexibility index (Phi) is 8.42. The minimum Gasteiger partial charge on any atom is -0.593 e. The van der Waals surface area contributed by atoms with Gasteiger partial charge in [-0.05, 0) is 35.7 Å². The van der Waals surface area contributed by atoms with Gasteiger partial charge in [0, 0.05) is 23.9 Å². The lowest BCUT2D eigenvalue weighted by Gasteiger charge is -2.19. The van der Waals surface area contributed by atoms with Gasteiger partial charge in [-0.15, -0.1) is 9.82 Å². The number of nitrogens with two attached hydrogens (primary N) is 5. The Morgan fingerprint density at radius 2 is 2.17 bits per heavy atom. The molecule has 29 heavy (non-hydrogen) atoms. The molecular weight excluding hydrogens is 421 g/mol. The van der Waals surface area contributed by atoms with Crippen molar-refractivity contribution in [3.63, 3.8) is 0 Å². The summed E-state index contributed by atoms with van der Waals surface area (Å²) in [5.74, 6) is 4.18. The van der Waals surface area contributed by atoms with Crippen molar-refractivity contribution in [1.29, 1.82) is 0 Å². The zero-order valence-electron chi connectivity index (χ0n) is 15.1. The van der Waals surface area contributed by atoms with Crippen LogP contribution < -0.4 is 38.4 Å².